The fourth-order valence-corrected chi connectivity index (χ4v) is 3.47. The number of hydrogen-bond acceptors (Lipinski definition) is 6. The van der Waals surface area contributed by atoms with Crippen LogP contribution in [0.5, 0.6) is 0 Å². The summed E-state index contributed by atoms with van der Waals surface area (Å²) in [4.78, 5) is 17.0. The minimum atomic E-state index is -0.581. The number of H-pyrrole nitrogens is 1. The van der Waals surface area contributed by atoms with Gasteiger partial charge in [0.25, 0.3) is 0 Å². The molecule has 0 aliphatic heterocycles. The Labute approximate surface area is 187 Å². The van der Waals surface area contributed by atoms with Crippen LogP contribution in [0.25, 0.3) is 11.1 Å². The molecule has 3 aromatic rings. The van der Waals surface area contributed by atoms with Crippen LogP contribution >= 0.6 is 0 Å². The molecule has 32 heavy (non-hydrogen) atoms. The summed E-state index contributed by atoms with van der Waals surface area (Å²) in [7, 11) is 0. The van der Waals surface area contributed by atoms with Gasteiger partial charge < -0.3 is 10.5 Å². The first kappa shape index (κ1) is 22.7. The van der Waals surface area contributed by atoms with Crippen molar-refractivity contribution >= 4 is 11.8 Å². The Morgan fingerprint density at radius 2 is 1.91 bits per heavy atom. The molecule has 2 atom stereocenters. The Morgan fingerprint density at radius 3 is 2.53 bits per heavy atom. The summed E-state index contributed by atoms with van der Waals surface area (Å²) in [6, 6.07) is 20.1. The Balaban J connectivity index is 1.82. The highest BCUT2D eigenvalue weighted by Gasteiger charge is 2.25. The van der Waals surface area contributed by atoms with Gasteiger partial charge in [-0.2, -0.15) is 20.7 Å². The number of rotatable bonds is 10. The highest BCUT2D eigenvalue weighted by molar-refractivity contribution is 5.95. The van der Waals surface area contributed by atoms with Gasteiger partial charge in [-0.1, -0.05) is 54.6 Å². The van der Waals surface area contributed by atoms with E-state index in [1.165, 1.54) is 6.20 Å². The topological polar surface area (TPSA) is 130 Å². The van der Waals surface area contributed by atoms with Crippen molar-refractivity contribution in [2.45, 2.75) is 32.2 Å². The molecule has 0 amide bonds. The molecule has 0 saturated heterocycles. The standard InChI is InChI=1S/C24H26N6O2/c1-2-32-24(31)20(12-13-25)15-21(28-23(26)22-16-27-30-29-22)14-17-8-10-19(11-9-17)18-6-4-3-5-7-18/h3-11,16,20-21H,2,12,14-15H2,1H3,(H2,26,28)(H,27,29,30)/t20-,21-/m1/s1. The second kappa shape index (κ2) is 11.4. The quantitative estimate of drug-likeness (QED) is 0.288. The number of amidine groups is 1. The molecule has 0 radical (unpaired) electrons. The average molecular weight is 431 g/mol. The number of nitrogens with two attached hydrogens (primary N) is 1. The van der Waals surface area contributed by atoms with Crippen LogP contribution in [0.3, 0.4) is 0 Å². The smallest absolute Gasteiger partial charge is 0.310 e. The molecule has 1 aromatic heterocycles. The van der Waals surface area contributed by atoms with Gasteiger partial charge >= 0.3 is 5.97 Å². The van der Waals surface area contributed by atoms with Gasteiger partial charge in [-0.15, -0.1) is 0 Å². The van der Waals surface area contributed by atoms with Crippen LogP contribution in [0.4, 0.5) is 0 Å². The number of aromatic amines is 1. The lowest BCUT2D eigenvalue weighted by Crippen LogP contribution is -2.26. The van der Waals surface area contributed by atoms with Gasteiger partial charge in [-0.3, -0.25) is 9.79 Å². The molecule has 3 N–H and O–H groups in total. The molecule has 0 aliphatic carbocycles. The van der Waals surface area contributed by atoms with Crippen molar-refractivity contribution in [1.29, 1.82) is 5.26 Å². The maximum Gasteiger partial charge on any atom is 0.310 e. The molecule has 0 unspecified atom stereocenters. The van der Waals surface area contributed by atoms with Crippen molar-refractivity contribution in [2.75, 3.05) is 6.61 Å². The first-order valence-corrected chi connectivity index (χ1v) is 10.5. The molecule has 8 heteroatoms. The summed E-state index contributed by atoms with van der Waals surface area (Å²) in [5.41, 5.74) is 9.86. The van der Waals surface area contributed by atoms with E-state index in [1.54, 1.807) is 6.92 Å². The van der Waals surface area contributed by atoms with Crippen molar-refractivity contribution in [3.05, 3.63) is 72.1 Å². The third-order valence-electron chi connectivity index (χ3n) is 5.05. The minimum Gasteiger partial charge on any atom is -0.466 e. The molecule has 0 saturated carbocycles. The van der Waals surface area contributed by atoms with Gasteiger partial charge in [-0.25, -0.2) is 0 Å². The summed E-state index contributed by atoms with van der Waals surface area (Å²) >= 11 is 0. The Hall–Kier alpha value is -3.99. The number of carbonyl (C=O) groups excluding carboxylic acids is 1. The van der Waals surface area contributed by atoms with Crippen molar-refractivity contribution in [2.24, 2.45) is 16.6 Å². The summed E-state index contributed by atoms with van der Waals surface area (Å²) in [6.07, 6.45) is 2.44. The van der Waals surface area contributed by atoms with Crippen LogP contribution in [0.15, 0.2) is 65.8 Å². The fraction of sp³-hybridized carbons (Fsp3) is 0.292. The number of aromatic nitrogens is 3. The van der Waals surface area contributed by atoms with Crippen LogP contribution < -0.4 is 5.73 Å². The van der Waals surface area contributed by atoms with E-state index in [0.29, 0.717) is 18.5 Å². The van der Waals surface area contributed by atoms with Crippen molar-refractivity contribution in [3.8, 4) is 17.2 Å². The van der Waals surface area contributed by atoms with E-state index in [1.807, 2.05) is 30.3 Å². The van der Waals surface area contributed by atoms with Crippen LogP contribution in [0, 0.1) is 17.2 Å². The van der Waals surface area contributed by atoms with Gasteiger partial charge in [0, 0.05) is 6.42 Å². The maximum absolute atomic E-state index is 12.4. The summed E-state index contributed by atoms with van der Waals surface area (Å²) < 4.78 is 5.15. The minimum absolute atomic E-state index is 0.0572. The van der Waals surface area contributed by atoms with E-state index in [2.05, 4.69) is 50.7 Å². The summed E-state index contributed by atoms with van der Waals surface area (Å²) in [5.74, 6) is -0.750. The van der Waals surface area contributed by atoms with Gasteiger partial charge in [0.05, 0.1) is 30.8 Å². The lowest BCUT2D eigenvalue weighted by molar-refractivity contribution is -0.148. The van der Waals surface area contributed by atoms with E-state index in [0.717, 1.165) is 16.7 Å². The SMILES string of the molecule is CCOC(=O)[C@H](CC#N)C[C@@H](Cc1ccc(-c2ccccc2)cc1)N=C(N)c1cn[nH]n1. The van der Waals surface area contributed by atoms with Gasteiger partial charge in [-0.05, 0) is 36.5 Å². The number of aliphatic imine (C=N–C) groups is 1. The van der Waals surface area contributed by atoms with Gasteiger partial charge in [0.1, 0.15) is 11.5 Å². The van der Waals surface area contributed by atoms with E-state index in [-0.39, 0.29) is 24.9 Å². The lowest BCUT2D eigenvalue weighted by Gasteiger charge is -2.19. The number of ether oxygens (including phenoxy) is 1. The first-order valence-electron chi connectivity index (χ1n) is 10.5. The predicted molar refractivity (Wildman–Crippen MR) is 121 cm³/mol. The van der Waals surface area contributed by atoms with Gasteiger partial charge in [0.2, 0.25) is 0 Å². The number of nitrogens with one attached hydrogen (secondary N) is 1. The Morgan fingerprint density at radius 1 is 1.19 bits per heavy atom. The summed E-state index contributed by atoms with van der Waals surface area (Å²) in [6.45, 7) is 2.00. The number of hydrogen-bond donors (Lipinski definition) is 2. The molecule has 2 aromatic carbocycles. The molecule has 0 fully saturated rings. The van der Waals surface area contributed by atoms with E-state index in [4.69, 9.17) is 10.5 Å². The van der Waals surface area contributed by atoms with Crippen LogP contribution in [0.2, 0.25) is 0 Å². The Bertz CT molecular complexity index is 1060. The van der Waals surface area contributed by atoms with Crippen LogP contribution in [-0.2, 0) is 16.0 Å². The zero-order valence-corrected chi connectivity index (χ0v) is 17.9. The van der Waals surface area contributed by atoms with E-state index in [9.17, 15) is 10.1 Å². The molecule has 0 aliphatic rings. The van der Waals surface area contributed by atoms with E-state index < -0.39 is 11.9 Å². The van der Waals surface area contributed by atoms with Crippen molar-refractivity contribution < 1.29 is 9.53 Å². The second-order valence-electron chi connectivity index (χ2n) is 7.34. The Kier molecular flexibility index (Phi) is 8.09. The molecule has 8 nitrogen and oxygen atoms in total. The monoisotopic (exact) mass is 430 g/mol. The van der Waals surface area contributed by atoms with Crippen molar-refractivity contribution in [1.82, 2.24) is 15.4 Å². The average Bonchev–Trinajstić information content (AvgIpc) is 3.35. The predicted octanol–water partition coefficient (Wildman–Crippen LogP) is 3.27. The molecular formula is C24H26N6O2. The maximum atomic E-state index is 12.4. The molecule has 0 bridgehead atoms. The number of nitrogens with zero attached hydrogens (tertiary/aromatic N) is 4. The molecule has 0 spiro atoms. The number of carbonyl (C=O) groups is 1. The highest BCUT2D eigenvalue weighted by Crippen LogP contribution is 2.23. The molecule has 164 valence electrons. The van der Waals surface area contributed by atoms with Crippen molar-refractivity contribution in [3.63, 3.8) is 0 Å². The highest BCUT2D eigenvalue weighted by atomic mass is 16.5. The van der Waals surface area contributed by atoms with E-state index >= 15 is 0 Å². The van der Waals surface area contributed by atoms with Crippen LogP contribution in [-0.4, -0.2) is 39.9 Å². The molecular weight excluding hydrogens is 404 g/mol. The third kappa shape index (κ3) is 6.25. The normalized spacial score (nSPS) is 13.2. The fourth-order valence-electron chi connectivity index (χ4n) is 3.47. The first-order chi connectivity index (χ1) is 15.6. The van der Waals surface area contributed by atoms with Gasteiger partial charge in [0.15, 0.2) is 0 Å². The molecule has 1 heterocycles. The third-order valence-corrected chi connectivity index (χ3v) is 5.05. The number of nitriles is 1. The molecule has 3 rings (SSSR count). The number of esters is 1. The largest absolute Gasteiger partial charge is 0.466 e. The second-order valence-corrected chi connectivity index (χ2v) is 7.34. The zero-order valence-electron chi connectivity index (χ0n) is 17.9. The zero-order chi connectivity index (χ0) is 22.8. The lowest BCUT2D eigenvalue weighted by atomic mass is 9.92. The summed E-state index contributed by atoms with van der Waals surface area (Å²) in [5, 5.41) is 19.4. The number of benzene rings is 2. The van der Waals surface area contributed by atoms with Crippen LogP contribution in [0.1, 0.15) is 31.0 Å².